The van der Waals surface area contributed by atoms with Crippen molar-refractivity contribution in [2.75, 3.05) is 11.9 Å². The number of nitro groups is 1. The second-order valence-corrected chi connectivity index (χ2v) is 6.84. The number of para-hydroxylation sites is 1. The number of carbonyl (C=O) groups excluding carboxylic acids is 2. The van der Waals surface area contributed by atoms with Crippen molar-refractivity contribution < 1.29 is 19.2 Å². The number of hydrogen-bond donors (Lipinski definition) is 1. The molecule has 0 aliphatic heterocycles. The first kappa shape index (κ1) is 20.8. The maximum atomic E-state index is 12.5. The van der Waals surface area contributed by atoms with Gasteiger partial charge in [-0.05, 0) is 44.5 Å². The summed E-state index contributed by atoms with van der Waals surface area (Å²) in [6, 6.07) is 15.5. The second kappa shape index (κ2) is 8.60. The van der Waals surface area contributed by atoms with E-state index in [9.17, 15) is 19.7 Å². The Balaban J connectivity index is 1.69. The Morgan fingerprint density at radius 2 is 1.77 bits per heavy atom. The van der Waals surface area contributed by atoms with Gasteiger partial charge in [0.25, 0.3) is 11.6 Å². The molecule has 154 valence electrons. The maximum Gasteiger partial charge on any atom is 0.340 e. The summed E-state index contributed by atoms with van der Waals surface area (Å²) < 4.78 is 7.10. The monoisotopic (exact) mass is 407 g/mol. The number of aromatic nitrogens is 1. The molecule has 1 amide bonds. The van der Waals surface area contributed by atoms with Crippen LogP contribution in [-0.2, 0) is 9.53 Å². The van der Waals surface area contributed by atoms with E-state index < -0.39 is 23.4 Å². The fourth-order valence-electron chi connectivity index (χ4n) is 3.20. The Bertz CT molecular complexity index is 1120. The summed E-state index contributed by atoms with van der Waals surface area (Å²) in [5.74, 6) is -1.19. The highest BCUT2D eigenvalue weighted by Crippen LogP contribution is 2.23. The summed E-state index contributed by atoms with van der Waals surface area (Å²) in [5.41, 5.74) is 3.68. The molecule has 3 rings (SSSR count). The van der Waals surface area contributed by atoms with Crippen LogP contribution in [0.3, 0.4) is 0 Å². The Kier molecular flexibility index (Phi) is 5.96. The Hall–Kier alpha value is -3.94. The first-order chi connectivity index (χ1) is 14.3. The molecular weight excluding hydrogens is 386 g/mol. The van der Waals surface area contributed by atoms with E-state index in [-0.39, 0.29) is 5.69 Å². The lowest BCUT2D eigenvalue weighted by Crippen LogP contribution is -2.21. The van der Waals surface area contributed by atoms with Crippen molar-refractivity contribution >= 4 is 23.3 Å². The van der Waals surface area contributed by atoms with Crippen LogP contribution in [0.2, 0.25) is 0 Å². The SMILES string of the molecule is Cc1ccc([N+](=O)[O-])cc1NC(=O)COC(=O)c1cc(C)n(-c2ccccc2)c1C. The molecule has 0 spiro atoms. The molecule has 1 heterocycles. The van der Waals surface area contributed by atoms with Gasteiger partial charge in [0.15, 0.2) is 6.61 Å². The van der Waals surface area contributed by atoms with E-state index in [2.05, 4.69) is 5.32 Å². The summed E-state index contributed by atoms with van der Waals surface area (Å²) in [6.45, 7) is 4.90. The van der Waals surface area contributed by atoms with Crippen LogP contribution in [-0.4, -0.2) is 28.0 Å². The minimum atomic E-state index is -0.615. The zero-order valence-electron chi connectivity index (χ0n) is 16.8. The van der Waals surface area contributed by atoms with Crippen molar-refractivity contribution in [1.29, 1.82) is 0 Å². The number of carbonyl (C=O) groups is 2. The molecular formula is C22H21N3O5. The van der Waals surface area contributed by atoms with Crippen molar-refractivity contribution in [3.05, 3.63) is 87.2 Å². The normalized spacial score (nSPS) is 10.5. The predicted molar refractivity (Wildman–Crippen MR) is 112 cm³/mol. The lowest BCUT2D eigenvalue weighted by Gasteiger charge is -2.10. The van der Waals surface area contributed by atoms with Crippen LogP contribution in [0.5, 0.6) is 0 Å². The van der Waals surface area contributed by atoms with Gasteiger partial charge in [0, 0.05) is 29.2 Å². The Labute approximate surface area is 173 Å². The van der Waals surface area contributed by atoms with Crippen LogP contribution in [0.4, 0.5) is 11.4 Å². The summed E-state index contributed by atoms with van der Waals surface area (Å²) >= 11 is 0. The topological polar surface area (TPSA) is 103 Å². The Morgan fingerprint density at radius 1 is 1.07 bits per heavy atom. The number of hydrogen-bond acceptors (Lipinski definition) is 5. The quantitative estimate of drug-likeness (QED) is 0.376. The predicted octanol–water partition coefficient (Wildman–Crippen LogP) is 4.11. The average molecular weight is 407 g/mol. The third-order valence-electron chi connectivity index (χ3n) is 4.71. The molecule has 2 aromatic carbocycles. The fourth-order valence-corrected chi connectivity index (χ4v) is 3.20. The summed E-state index contributed by atoms with van der Waals surface area (Å²) in [6.07, 6.45) is 0. The highest BCUT2D eigenvalue weighted by molar-refractivity contribution is 5.96. The van der Waals surface area contributed by atoms with Gasteiger partial charge in [0.1, 0.15) is 0 Å². The number of esters is 1. The van der Waals surface area contributed by atoms with Crippen LogP contribution in [0.25, 0.3) is 5.69 Å². The van der Waals surface area contributed by atoms with Crippen LogP contribution in [0, 0.1) is 30.9 Å². The number of ether oxygens (including phenoxy) is 1. The molecule has 30 heavy (non-hydrogen) atoms. The summed E-state index contributed by atoms with van der Waals surface area (Å²) in [4.78, 5) is 35.1. The van der Waals surface area contributed by atoms with Gasteiger partial charge in [-0.3, -0.25) is 14.9 Å². The molecule has 0 bridgehead atoms. The van der Waals surface area contributed by atoms with Gasteiger partial charge in [-0.25, -0.2) is 4.79 Å². The number of nitrogens with one attached hydrogen (secondary N) is 1. The van der Waals surface area contributed by atoms with Crippen molar-refractivity contribution in [3.8, 4) is 5.69 Å². The molecule has 1 N–H and O–H groups in total. The van der Waals surface area contributed by atoms with Crippen LogP contribution < -0.4 is 5.32 Å². The molecule has 0 aliphatic rings. The minimum absolute atomic E-state index is 0.138. The number of anilines is 1. The van der Waals surface area contributed by atoms with Gasteiger partial charge in [0.2, 0.25) is 0 Å². The van der Waals surface area contributed by atoms with Crippen LogP contribution >= 0.6 is 0 Å². The molecule has 0 saturated heterocycles. The molecule has 0 fully saturated rings. The van der Waals surface area contributed by atoms with E-state index >= 15 is 0 Å². The number of aryl methyl sites for hydroxylation is 2. The Morgan fingerprint density at radius 3 is 2.43 bits per heavy atom. The van der Waals surface area contributed by atoms with E-state index in [4.69, 9.17) is 4.74 Å². The first-order valence-electron chi connectivity index (χ1n) is 9.24. The van der Waals surface area contributed by atoms with E-state index in [0.29, 0.717) is 22.5 Å². The third kappa shape index (κ3) is 4.38. The lowest BCUT2D eigenvalue weighted by molar-refractivity contribution is -0.384. The first-order valence-corrected chi connectivity index (χ1v) is 9.24. The third-order valence-corrected chi connectivity index (χ3v) is 4.71. The number of rotatable bonds is 6. The van der Waals surface area contributed by atoms with Gasteiger partial charge >= 0.3 is 5.97 Å². The van der Waals surface area contributed by atoms with Gasteiger partial charge in [0.05, 0.1) is 16.2 Å². The average Bonchev–Trinajstić information content (AvgIpc) is 3.02. The van der Waals surface area contributed by atoms with Crippen molar-refractivity contribution in [1.82, 2.24) is 4.57 Å². The number of amides is 1. The molecule has 8 heteroatoms. The molecule has 0 atom stereocenters. The highest BCUT2D eigenvalue weighted by Gasteiger charge is 2.19. The van der Waals surface area contributed by atoms with Crippen molar-refractivity contribution in [2.24, 2.45) is 0 Å². The largest absolute Gasteiger partial charge is 0.452 e. The number of non-ortho nitro benzene ring substituents is 1. The van der Waals surface area contributed by atoms with Gasteiger partial charge in [-0.2, -0.15) is 0 Å². The van der Waals surface area contributed by atoms with Crippen LogP contribution in [0.15, 0.2) is 54.6 Å². The van der Waals surface area contributed by atoms with E-state index in [1.807, 2.05) is 48.7 Å². The van der Waals surface area contributed by atoms with Gasteiger partial charge in [-0.15, -0.1) is 0 Å². The maximum absolute atomic E-state index is 12.5. The number of nitro benzene ring substituents is 1. The molecule has 0 saturated carbocycles. The minimum Gasteiger partial charge on any atom is -0.452 e. The molecule has 0 radical (unpaired) electrons. The number of benzene rings is 2. The van der Waals surface area contributed by atoms with E-state index in [1.165, 1.54) is 18.2 Å². The van der Waals surface area contributed by atoms with Gasteiger partial charge in [-0.1, -0.05) is 24.3 Å². The zero-order chi connectivity index (χ0) is 21.8. The van der Waals surface area contributed by atoms with E-state index in [0.717, 1.165) is 11.4 Å². The van der Waals surface area contributed by atoms with Crippen molar-refractivity contribution in [2.45, 2.75) is 20.8 Å². The molecule has 1 aromatic heterocycles. The van der Waals surface area contributed by atoms with Gasteiger partial charge < -0.3 is 14.6 Å². The standard InChI is InChI=1S/C22H21N3O5/c1-14-9-10-18(25(28)29)12-20(14)23-21(26)13-30-22(27)19-11-15(2)24(16(19)3)17-7-5-4-6-8-17/h4-12H,13H2,1-3H3,(H,23,26). The van der Waals surface area contributed by atoms with E-state index in [1.54, 1.807) is 13.0 Å². The van der Waals surface area contributed by atoms with Crippen molar-refractivity contribution in [3.63, 3.8) is 0 Å². The molecule has 0 unspecified atom stereocenters. The van der Waals surface area contributed by atoms with Crippen LogP contribution in [0.1, 0.15) is 27.3 Å². The summed E-state index contributed by atoms with van der Waals surface area (Å²) in [5, 5.41) is 13.5. The fraction of sp³-hybridized carbons (Fsp3) is 0.182. The summed E-state index contributed by atoms with van der Waals surface area (Å²) in [7, 11) is 0. The highest BCUT2D eigenvalue weighted by atomic mass is 16.6. The lowest BCUT2D eigenvalue weighted by atomic mass is 10.2. The molecule has 0 aliphatic carbocycles. The number of nitrogens with zero attached hydrogens (tertiary/aromatic N) is 2. The second-order valence-electron chi connectivity index (χ2n) is 6.84. The molecule has 8 nitrogen and oxygen atoms in total. The zero-order valence-corrected chi connectivity index (χ0v) is 16.8. The molecule has 3 aromatic rings. The smallest absolute Gasteiger partial charge is 0.340 e.